The van der Waals surface area contributed by atoms with Crippen molar-refractivity contribution in [1.82, 2.24) is 21.7 Å². The van der Waals surface area contributed by atoms with Gasteiger partial charge >= 0.3 is 0 Å². The van der Waals surface area contributed by atoms with Crippen LogP contribution in [0.5, 0.6) is 11.5 Å². The molecule has 0 aliphatic rings. The largest absolute Gasteiger partial charge is 0.507 e. The molecule has 0 radical (unpaired) electrons. The van der Waals surface area contributed by atoms with Crippen molar-refractivity contribution in [1.29, 1.82) is 0 Å². The summed E-state index contributed by atoms with van der Waals surface area (Å²) in [5, 5.41) is 19.6. The highest BCUT2D eigenvalue weighted by Gasteiger charge is 2.27. The zero-order chi connectivity index (χ0) is 26.5. The van der Waals surface area contributed by atoms with Crippen molar-refractivity contribution in [3.05, 3.63) is 59.7 Å². The molecule has 36 heavy (non-hydrogen) atoms. The molecule has 10 nitrogen and oxygen atoms in total. The number of unbranched alkanes of at least 4 members (excludes halogenated alkanes) is 2. The minimum Gasteiger partial charge on any atom is -0.507 e. The topological polar surface area (TPSA) is 157 Å². The number of aromatic hydroxyl groups is 2. The zero-order valence-electron chi connectivity index (χ0n) is 20.5. The third kappa shape index (κ3) is 8.30. The fraction of sp³-hybridized carbons (Fsp3) is 0.385. The minimum absolute atomic E-state index is 0.0165. The van der Waals surface area contributed by atoms with E-state index in [0.29, 0.717) is 12.8 Å². The van der Waals surface area contributed by atoms with Crippen LogP contribution in [-0.2, 0) is 9.59 Å². The molecule has 4 amide bonds. The second kappa shape index (κ2) is 14.3. The van der Waals surface area contributed by atoms with E-state index in [1.54, 1.807) is 31.2 Å². The van der Waals surface area contributed by atoms with Gasteiger partial charge in [0, 0.05) is 11.8 Å². The first kappa shape index (κ1) is 28.2. The first-order chi connectivity index (χ1) is 17.3. The highest BCUT2D eigenvalue weighted by Crippen LogP contribution is 2.22. The van der Waals surface area contributed by atoms with E-state index in [9.17, 15) is 29.4 Å². The fourth-order valence-corrected chi connectivity index (χ4v) is 3.71. The number of phenols is 2. The number of hydrogen-bond acceptors (Lipinski definition) is 6. The van der Waals surface area contributed by atoms with Crippen molar-refractivity contribution in [3.63, 3.8) is 0 Å². The summed E-state index contributed by atoms with van der Waals surface area (Å²) in [5.41, 5.74) is 9.42. The summed E-state index contributed by atoms with van der Waals surface area (Å²) in [6, 6.07) is 11.9. The van der Waals surface area contributed by atoms with E-state index in [4.69, 9.17) is 0 Å². The minimum atomic E-state index is -0.666. The number of amides is 4. The summed E-state index contributed by atoms with van der Waals surface area (Å²) in [7, 11) is 0. The molecule has 0 aromatic heterocycles. The molecule has 0 fully saturated rings. The van der Waals surface area contributed by atoms with Crippen LogP contribution in [0.25, 0.3) is 0 Å². The van der Waals surface area contributed by atoms with Crippen LogP contribution in [0, 0.1) is 11.8 Å². The van der Waals surface area contributed by atoms with Gasteiger partial charge in [0.1, 0.15) is 11.5 Å². The lowest BCUT2D eigenvalue weighted by molar-refractivity contribution is -0.129. The third-order valence-corrected chi connectivity index (χ3v) is 5.86. The molecule has 2 unspecified atom stereocenters. The molecule has 0 heterocycles. The number of carbonyl (C=O) groups excluding carboxylic acids is 4. The molecule has 0 aliphatic carbocycles. The Morgan fingerprint density at radius 2 is 1.17 bits per heavy atom. The lowest BCUT2D eigenvalue weighted by Crippen LogP contribution is -2.47. The van der Waals surface area contributed by atoms with E-state index in [2.05, 4.69) is 21.7 Å². The standard InChI is InChI=1S/C26H34N4O6/c1-3-5-6-11-18(24(34)28-30-26(36)20-13-8-10-15-22(20)32)16-17(4-2)23(33)27-29-25(35)19-12-7-9-14-21(19)31/h7-10,12-15,17-18,31-32H,3-6,11,16H2,1-2H3,(H,27,33)(H,28,34)(H,29,35)(H,30,36). The summed E-state index contributed by atoms with van der Waals surface area (Å²) in [4.78, 5) is 50.2. The monoisotopic (exact) mass is 498 g/mol. The van der Waals surface area contributed by atoms with Gasteiger partial charge in [-0.15, -0.1) is 0 Å². The number of para-hydroxylation sites is 2. The zero-order valence-corrected chi connectivity index (χ0v) is 20.5. The summed E-state index contributed by atoms with van der Waals surface area (Å²) in [6.45, 7) is 3.84. The first-order valence-electron chi connectivity index (χ1n) is 12.0. The van der Waals surface area contributed by atoms with E-state index < -0.39 is 35.5 Å². The van der Waals surface area contributed by atoms with Gasteiger partial charge in [-0.05, 0) is 43.5 Å². The number of hydrazine groups is 2. The second-order valence-corrected chi connectivity index (χ2v) is 8.45. The Labute approximate surface area is 210 Å². The Bertz CT molecular complexity index is 1060. The predicted octanol–water partition coefficient (Wildman–Crippen LogP) is 2.93. The van der Waals surface area contributed by atoms with Crippen LogP contribution in [-0.4, -0.2) is 33.8 Å². The number of carbonyl (C=O) groups is 4. The van der Waals surface area contributed by atoms with Crippen molar-refractivity contribution >= 4 is 23.6 Å². The maximum absolute atomic E-state index is 12.9. The van der Waals surface area contributed by atoms with Gasteiger partial charge < -0.3 is 10.2 Å². The molecule has 6 N–H and O–H groups in total. The van der Waals surface area contributed by atoms with Gasteiger partial charge in [-0.3, -0.25) is 40.9 Å². The normalized spacial score (nSPS) is 12.2. The Morgan fingerprint density at radius 3 is 1.61 bits per heavy atom. The van der Waals surface area contributed by atoms with Crippen molar-refractivity contribution in [3.8, 4) is 11.5 Å². The quantitative estimate of drug-likeness (QED) is 0.207. The van der Waals surface area contributed by atoms with Gasteiger partial charge in [-0.1, -0.05) is 57.4 Å². The number of hydrogen-bond donors (Lipinski definition) is 6. The van der Waals surface area contributed by atoms with E-state index in [0.717, 1.165) is 19.3 Å². The molecule has 0 aliphatic heterocycles. The maximum Gasteiger partial charge on any atom is 0.273 e. The van der Waals surface area contributed by atoms with Crippen LogP contribution in [0.3, 0.4) is 0 Å². The van der Waals surface area contributed by atoms with Gasteiger partial charge in [0.15, 0.2) is 0 Å². The van der Waals surface area contributed by atoms with Crippen LogP contribution in [0.4, 0.5) is 0 Å². The summed E-state index contributed by atoms with van der Waals surface area (Å²) in [5.74, 6) is -3.81. The van der Waals surface area contributed by atoms with Gasteiger partial charge in [0.05, 0.1) is 11.1 Å². The molecular formula is C26H34N4O6. The van der Waals surface area contributed by atoms with Crippen LogP contribution in [0.1, 0.15) is 73.1 Å². The van der Waals surface area contributed by atoms with Gasteiger partial charge in [0.2, 0.25) is 11.8 Å². The molecule has 10 heteroatoms. The fourth-order valence-electron chi connectivity index (χ4n) is 3.71. The van der Waals surface area contributed by atoms with E-state index in [-0.39, 0.29) is 29.0 Å². The molecule has 2 rings (SSSR count). The number of phenolic OH excluding ortho intramolecular Hbond substituents is 2. The first-order valence-corrected chi connectivity index (χ1v) is 12.0. The van der Waals surface area contributed by atoms with Crippen molar-refractivity contribution < 1.29 is 29.4 Å². The second-order valence-electron chi connectivity index (χ2n) is 8.45. The maximum atomic E-state index is 12.9. The number of nitrogens with one attached hydrogen (secondary N) is 4. The molecule has 0 saturated heterocycles. The highest BCUT2D eigenvalue weighted by atomic mass is 16.3. The smallest absolute Gasteiger partial charge is 0.273 e. The van der Waals surface area contributed by atoms with Crippen LogP contribution in [0.15, 0.2) is 48.5 Å². The van der Waals surface area contributed by atoms with E-state index >= 15 is 0 Å². The summed E-state index contributed by atoms with van der Waals surface area (Å²) < 4.78 is 0. The molecule has 0 spiro atoms. The lowest BCUT2D eigenvalue weighted by atomic mass is 9.88. The molecule has 0 saturated carbocycles. The summed E-state index contributed by atoms with van der Waals surface area (Å²) >= 11 is 0. The number of benzene rings is 2. The van der Waals surface area contributed by atoms with E-state index in [1.807, 2.05) is 6.92 Å². The van der Waals surface area contributed by atoms with Gasteiger partial charge in [-0.2, -0.15) is 0 Å². The summed E-state index contributed by atoms with van der Waals surface area (Å²) in [6.07, 6.45) is 3.77. The molecule has 2 aromatic carbocycles. The lowest BCUT2D eigenvalue weighted by Gasteiger charge is -2.22. The Kier molecular flexibility index (Phi) is 11.2. The van der Waals surface area contributed by atoms with Crippen LogP contribution in [0.2, 0.25) is 0 Å². The molecule has 2 aromatic rings. The SMILES string of the molecule is CCCCCC(CC(CC)C(=O)NNC(=O)c1ccccc1O)C(=O)NNC(=O)c1ccccc1O. The molecule has 194 valence electrons. The van der Waals surface area contributed by atoms with Gasteiger partial charge in [-0.25, -0.2) is 0 Å². The van der Waals surface area contributed by atoms with Crippen LogP contribution < -0.4 is 21.7 Å². The molecule has 2 atom stereocenters. The Balaban J connectivity index is 1.99. The van der Waals surface area contributed by atoms with E-state index in [1.165, 1.54) is 24.3 Å². The van der Waals surface area contributed by atoms with Crippen molar-refractivity contribution in [2.45, 2.75) is 52.4 Å². The van der Waals surface area contributed by atoms with Crippen molar-refractivity contribution in [2.24, 2.45) is 11.8 Å². The van der Waals surface area contributed by atoms with Crippen LogP contribution >= 0.6 is 0 Å². The molecule has 0 bridgehead atoms. The Hall–Kier alpha value is -4.08. The van der Waals surface area contributed by atoms with Crippen molar-refractivity contribution in [2.75, 3.05) is 0 Å². The average Bonchev–Trinajstić information content (AvgIpc) is 2.88. The Morgan fingerprint density at radius 1 is 0.694 bits per heavy atom. The third-order valence-electron chi connectivity index (χ3n) is 5.86. The predicted molar refractivity (Wildman–Crippen MR) is 133 cm³/mol. The average molecular weight is 499 g/mol. The number of rotatable bonds is 11. The van der Waals surface area contributed by atoms with Gasteiger partial charge in [0.25, 0.3) is 11.8 Å². The molecular weight excluding hydrogens is 464 g/mol. The highest BCUT2D eigenvalue weighted by molar-refractivity contribution is 5.98.